The van der Waals surface area contributed by atoms with Gasteiger partial charge in [-0.15, -0.1) is 24.2 Å². The molecule has 1 aromatic carbocycles. The zero-order valence-electron chi connectivity index (χ0n) is 11.3. The van der Waals surface area contributed by atoms with Crippen molar-refractivity contribution in [2.24, 2.45) is 0 Å². The average molecular weight is 335 g/mol. The predicted molar refractivity (Wildman–Crippen MR) is 82.9 cm³/mol. The Morgan fingerprint density at radius 3 is 2.81 bits per heavy atom. The van der Waals surface area contributed by atoms with Gasteiger partial charge < -0.3 is 10.6 Å². The number of benzene rings is 1. The van der Waals surface area contributed by atoms with Gasteiger partial charge in [-0.1, -0.05) is 11.6 Å². The minimum Gasteiger partial charge on any atom is -0.352 e. The Hall–Kier alpha value is -1.11. The van der Waals surface area contributed by atoms with Crippen LogP contribution >= 0.6 is 24.2 Å². The van der Waals surface area contributed by atoms with Crippen LogP contribution in [-0.2, 0) is 4.79 Å². The fraction of sp³-hybridized carbons (Fsp3) is 0.357. The summed E-state index contributed by atoms with van der Waals surface area (Å²) in [7, 11) is 0. The minimum absolute atomic E-state index is 0. The molecule has 1 aliphatic rings. The Bertz CT molecular complexity index is 526. The van der Waals surface area contributed by atoms with Gasteiger partial charge in [-0.25, -0.2) is 8.78 Å². The topological polar surface area (TPSA) is 41.1 Å². The number of nitrogens with one attached hydrogen (secondary N) is 2. The molecule has 0 fully saturated rings. The quantitative estimate of drug-likeness (QED) is 0.642. The van der Waals surface area contributed by atoms with Crippen LogP contribution in [0.4, 0.5) is 8.78 Å². The van der Waals surface area contributed by atoms with Crippen LogP contribution in [0.2, 0.25) is 0 Å². The van der Waals surface area contributed by atoms with Crippen molar-refractivity contribution in [1.29, 1.82) is 0 Å². The average Bonchev–Trinajstić information content (AvgIpc) is 2.47. The lowest BCUT2D eigenvalue weighted by Gasteiger charge is -2.14. The van der Waals surface area contributed by atoms with Crippen molar-refractivity contribution < 1.29 is 13.6 Å². The van der Waals surface area contributed by atoms with E-state index in [0.29, 0.717) is 11.4 Å². The standard InChI is InChI=1S/C14H16F2N2OS.ClH/c15-12-2-1-11(7-13(12)16)20-9-14(19)18-8-10-3-5-17-6-4-10;/h1-3,7,17H,4-6,8-9H2,(H,18,19);1H. The van der Waals surface area contributed by atoms with Crippen molar-refractivity contribution in [3.05, 3.63) is 41.5 Å². The molecule has 0 spiro atoms. The van der Waals surface area contributed by atoms with Gasteiger partial charge in [0.1, 0.15) is 0 Å². The highest BCUT2D eigenvalue weighted by Crippen LogP contribution is 2.20. The highest BCUT2D eigenvalue weighted by molar-refractivity contribution is 8.00. The number of hydrogen-bond acceptors (Lipinski definition) is 3. The first-order chi connectivity index (χ1) is 9.65. The van der Waals surface area contributed by atoms with Crippen molar-refractivity contribution in [2.75, 3.05) is 25.4 Å². The Kier molecular flexibility index (Phi) is 7.71. The van der Waals surface area contributed by atoms with Crippen LogP contribution in [0.5, 0.6) is 0 Å². The molecule has 21 heavy (non-hydrogen) atoms. The molecule has 0 aliphatic carbocycles. The van der Waals surface area contributed by atoms with Gasteiger partial charge in [-0.3, -0.25) is 4.79 Å². The molecule has 0 saturated heterocycles. The molecule has 1 aliphatic heterocycles. The van der Waals surface area contributed by atoms with E-state index in [1.807, 2.05) is 0 Å². The number of hydrogen-bond donors (Lipinski definition) is 2. The smallest absolute Gasteiger partial charge is 0.230 e. The third kappa shape index (κ3) is 6.03. The molecular weight excluding hydrogens is 318 g/mol. The molecule has 1 amide bonds. The monoisotopic (exact) mass is 334 g/mol. The van der Waals surface area contributed by atoms with Gasteiger partial charge in [0, 0.05) is 18.0 Å². The predicted octanol–water partition coefficient (Wildman–Crippen LogP) is 2.51. The summed E-state index contributed by atoms with van der Waals surface area (Å²) in [6, 6.07) is 3.63. The van der Waals surface area contributed by atoms with Crippen molar-refractivity contribution in [1.82, 2.24) is 10.6 Å². The largest absolute Gasteiger partial charge is 0.352 e. The fourth-order valence-corrected chi connectivity index (χ4v) is 2.56. The van der Waals surface area contributed by atoms with Crippen LogP contribution in [0, 0.1) is 11.6 Å². The number of amides is 1. The molecule has 1 aromatic rings. The Morgan fingerprint density at radius 1 is 1.33 bits per heavy atom. The molecule has 116 valence electrons. The molecule has 0 radical (unpaired) electrons. The number of rotatable bonds is 5. The maximum atomic E-state index is 13.0. The summed E-state index contributed by atoms with van der Waals surface area (Å²) < 4.78 is 25.7. The first-order valence-electron chi connectivity index (χ1n) is 6.38. The van der Waals surface area contributed by atoms with Crippen LogP contribution in [0.1, 0.15) is 6.42 Å². The van der Waals surface area contributed by atoms with E-state index < -0.39 is 11.6 Å². The number of halogens is 3. The Balaban J connectivity index is 0.00000220. The van der Waals surface area contributed by atoms with Gasteiger partial charge in [0.2, 0.25) is 5.91 Å². The van der Waals surface area contributed by atoms with Crippen LogP contribution < -0.4 is 10.6 Å². The summed E-state index contributed by atoms with van der Waals surface area (Å²) in [6.07, 6.45) is 3.02. The van der Waals surface area contributed by atoms with Crippen molar-refractivity contribution >= 4 is 30.1 Å². The fourth-order valence-electron chi connectivity index (χ4n) is 1.81. The van der Waals surface area contributed by atoms with Crippen molar-refractivity contribution in [2.45, 2.75) is 11.3 Å². The third-order valence-corrected chi connectivity index (χ3v) is 3.93. The Labute approximate surface area is 133 Å². The van der Waals surface area contributed by atoms with Crippen molar-refractivity contribution in [3.8, 4) is 0 Å². The van der Waals surface area contributed by atoms with E-state index in [-0.39, 0.29) is 24.1 Å². The van der Waals surface area contributed by atoms with E-state index in [9.17, 15) is 13.6 Å². The van der Waals surface area contributed by atoms with E-state index in [1.165, 1.54) is 23.4 Å². The molecule has 7 heteroatoms. The zero-order valence-corrected chi connectivity index (χ0v) is 13.0. The van der Waals surface area contributed by atoms with Crippen LogP contribution in [0.25, 0.3) is 0 Å². The second kappa shape index (κ2) is 9.02. The summed E-state index contributed by atoms with van der Waals surface area (Å²) in [4.78, 5) is 12.2. The van der Waals surface area contributed by atoms with E-state index in [4.69, 9.17) is 0 Å². The van der Waals surface area contributed by atoms with E-state index in [1.54, 1.807) is 0 Å². The molecule has 0 unspecified atom stereocenters. The van der Waals surface area contributed by atoms with Crippen molar-refractivity contribution in [3.63, 3.8) is 0 Å². The summed E-state index contributed by atoms with van der Waals surface area (Å²) in [6.45, 7) is 2.33. The van der Waals surface area contributed by atoms with Crippen LogP contribution in [0.3, 0.4) is 0 Å². The maximum Gasteiger partial charge on any atom is 0.230 e. The molecule has 1 heterocycles. The lowest BCUT2D eigenvalue weighted by Crippen LogP contribution is -2.30. The van der Waals surface area contributed by atoms with Crippen LogP contribution in [-0.4, -0.2) is 31.3 Å². The summed E-state index contributed by atoms with van der Waals surface area (Å²) in [5.41, 5.74) is 1.22. The van der Waals surface area contributed by atoms with E-state index in [2.05, 4.69) is 16.7 Å². The molecule has 2 rings (SSSR count). The molecule has 0 aromatic heterocycles. The second-order valence-corrected chi connectivity index (χ2v) is 5.51. The normalized spacial score (nSPS) is 14.1. The lowest BCUT2D eigenvalue weighted by molar-refractivity contribution is -0.118. The number of thioether (sulfide) groups is 1. The zero-order chi connectivity index (χ0) is 14.4. The second-order valence-electron chi connectivity index (χ2n) is 4.46. The highest BCUT2D eigenvalue weighted by atomic mass is 35.5. The van der Waals surface area contributed by atoms with Gasteiger partial charge >= 0.3 is 0 Å². The maximum absolute atomic E-state index is 13.0. The molecule has 0 atom stereocenters. The van der Waals surface area contributed by atoms with Crippen LogP contribution in [0.15, 0.2) is 34.7 Å². The third-order valence-electron chi connectivity index (χ3n) is 2.93. The lowest BCUT2D eigenvalue weighted by atomic mass is 10.1. The van der Waals surface area contributed by atoms with Gasteiger partial charge in [0.15, 0.2) is 11.6 Å². The molecule has 3 nitrogen and oxygen atoms in total. The summed E-state index contributed by atoms with van der Waals surface area (Å²) in [5, 5.41) is 6.02. The summed E-state index contributed by atoms with van der Waals surface area (Å²) >= 11 is 1.19. The first kappa shape index (κ1) is 17.9. The van der Waals surface area contributed by atoms with Gasteiger partial charge in [0.25, 0.3) is 0 Å². The van der Waals surface area contributed by atoms with Gasteiger partial charge in [-0.05, 0) is 31.2 Å². The van der Waals surface area contributed by atoms with E-state index in [0.717, 1.165) is 31.6 Å². The van der Waals surface area contributed by atoms with E-state index >= 15 is 0 Å². The molecule has 2 N–H and O–H groups in total. The Morgan fingerprint density at radius 2 is 2.14 bits per heavy atom. The van der Waals surface area contributed by atoms with Gasteiger partial charge in [-0.2, -0.15) is 0 Å². The first-order valence-corrected chi connectivity index (χ1v) is 7.37. The number of carbonyl (C=O) groups is 1. The minimum atomic E-state index is -0.893. The molecule has 0 bridgehead atoms. The molecule has 0 saturated carbocycles. The number of carbonyl (C=O) groups excluding carboxylic acids is 1. The highest BCUT2D eigenvalue weighted by Gasteiger charge is 2.08. The summed E-state index contributed by atoms with van der Waals surface area (Å²) in [5.74, 6) is -1.69. The van der Waals surface area contributed by atoms with Gasteiger partial charge in [0.05, 0.1) is 5.75 Å². The molecular formula is C14H17ClF2N2OS. The SMILES string of the molecule is Cl.O=C(CSc1ccc(F)c(F)c1)NCC1=CCNCC1.